The molecular weight excluding hydrogens is 208 g/mol. The number of ether oxygens (including phenoxy) is 3. The highest BCUT2D eigenvalue weighted by atomic mass is 16.5. The van der Waals surface area contributed by atoms with Gasteiger partial charge >= 0.3 is 5.97 Å². The van der Waals surface area contributed by atoms with Crippen LogP contribution in [0, 0.1) is 0 Å². The van der Waals surface area contributed by atoms with Crippen molar-refractivity contribution in [2.75, 3.05) is 21.3 Å². The maximum Gasteiger partial charge on any atom is 0.308 e. The summed E-state index contributed by atoms with van der Waals surface area (Å²) in [4.78, 5) is 11.2. The Kier molecular flexibility index (Phi) is 4.79. The summed E-state index contributed by atoms with van der Waals surface area (Å²) in [6.45, 7) is 0. The molecule has 0 heterocycles. The fourth-order valence-corrected chi connectivity index (χ4v) is 1.41. The first-order valence-corrected chi connectivity index (χ1v) is 4.94. The van der Waals surface area contributed by atoms with Crippen LogP contribution in [0.25, 0.3) is 0 Å². The maximum atomic E-state index is 11.2. The molecule has 0 amide bonds. The highest BCUT2D eigenvalue weighted by Crippen LogP contribution is 2.24. The molecular formula is C12H16O4. The lowest BCUT2D eigenvalue weighted by molar-refractivity contribution is -0.143. The molecule has 88 valence electrons. The fourth-order valence-electron chi connectivity index (χ4n) is 1.41. The molecule has 0 N–H and O–H groups in total. The maximum absolute atomic E-state index is 11.2. The van der Waals surface area contributed by atoms with Gasteiger partial charge in [-0.1, -0.05) is 12.1 Å². The van der Waals surface area contributed by atoms with Crippen molar-refractivity contribution in [2.24, 2.45) is 0 Å². The molecule has 1 rings (SSSR count). The van der Waals surface area contributed by atoms with Crippen LogP contribution in [0.4, 0.5) is 0 Å². The second-order valence-electron chi connectivity index (χ2n) is 3.28. The Labute approximate surface area is 95.1 Å². The van der Waals surface area contributed by atoms with Gasteiger partial charge < -0.3 is 14.2 Å². The van der Waals surface area contributed by atoms with E-state index in [9.17, 15) is 4.79 Å². The highest BCUT2D eigenvalue weighted by molar-refractivity contribution is 5.70. The molecule has 4 heteroatoms. The van der Waals surface area contributed by atoms with Crippen LogP contribution in [0.1, 0.15) is 18.1 Å². The van der Waals surface area contributed by atoms with Crippen molar-refractivity contribution < 1.29 is 19.0 Å². The molecule has 0 aromatic heterocycles. The molecule has 16 heavy (non-hydrogen) atoms. The van der Waals surface area contributed by atoms with E-state index in [1.165, 1.54) is 7.11 Å². The first-order valence-electron chi connectivity index (χ1n) is 4.94. The minimum absolute atomic E-state index is 0.195. The summed E-state index contributed by atoms with van der Waals surface area (Å²) in [5.74, 6) is 0.444. The minimum atomic E-state index is -0.303. The number of benzene rings is 1. The van der Waals surface area contributed by atoms with Gasteiger partial charge in [-0.3, -0.25) is 4.79 Å². The lowest BCUT2D eigenvalue weighted by Gasteiger charge is -2.15. The molecule has 0 spiro atoms. The third kappa shape index (κ3) is 3.24. The molecule has 1 aromatic rings. The number of hydrogen-bond acceptors (Lipinski definition) is 4. The number of hydrogen-bond donors (Lipinski definition) is 0. The Morgan fingerprint density at radius 1 is 1.31 bits per heavy atom. The Balaban J connectivity index is 2.81. The van der Waals surface area contributed by atoms with Gasteiger partial charge in [0.05, 0.1) is 26.7 Å². The van der Waals surface area contributed by atoms with E-state index in [-0.39, 0.29) is 18.5 Å². The van der Waals surface area contributed by atoms with E-state index in [0.29, 0.717) is 0 Å². The second-order valence-corrected chi connectivity index (χ2v) is 3.28. The normalized spacial score (nSPS) is 11.9. The van der Waals surface area contributed by atoms with Crippen molar-refractivity contribution in [1.82, 2.24) is 0 Å². The lowest BCUT2D eigenvalue weighted by Crippen LogP contribution is -2.10. The standard InChI is InChI=1S/C12H16O4/c1-14-10-6-4-5-9(7-10)11(15-2)8-12(13)16-3/h4-7,11H,8H2,1-3H3/t11-/m0/s1. The molecule has 0 aliphatic carbocycles. The first kappa shape index (κ1) is 12.5. The number of carbonyl (C=O) groups is 1. The summed E-state index contributed by atoms with van der Waals surface area (Å²) in [5.41, 5.74) is 0.896. The summed E-state index contributed by atoms with van der Waals surface area (Å²) in [6, 6.07) is 7.43. The molecule has 1 aromatic carbocycles. The first-order chi connectivity index (χ1) is 7.71. The van der Waals surface area contributed by atoms with E-state index in [2.05, 4.69) is 4.74 Å². The molecule has 0 aliphatic heterocycles. The largest absolute Gasteiger partial charge is 0.497 e. The molecule has 0 saturated carbocycles. The van der Waals surface area contributed by atoms with Crippen molar-refractivity contribution in [3.8, 4) is 5.75 Å². The van der Waals surface area contributed by atoms with Crippen LogP contribution in [0.2, 0.25) is 0 Å². The molecule has 1 atom stereocenters. The van der Waals surface area contributed by atoms with Gasteiger partial charge in [-0.2, -0.15) is 0 Å². The number of methoxy groups -OCH3 is 3. The van der Waals surface area contributed by atoms with Crippen molar-refractivity contribution in [1.29, 1.82) is 0 Å². The predicted molar refractivity (Wildman–Crippen MR) is 59.4 cm³/mol. The molecule has 0 bridgehead atoms. The van der Waals surface area contributed by atoms with Crippen LogP contribution in [0.15, 0.2) is 24.3 Å². The minimum Gasteiger partial charge on any atom is -0.497 e. The topological polar surface area (TPSA) is 44.8 Å². The Bertz CT molecular complexity index is 349. The van der Waals surface area contributed by atoms with Gasteiger partial charge in [0, 0.05) is 7.11 Å². The average molecular weight is 224 g/mol. The van der Waals surface area contributed by atoms with Crippen LogP contribution in [0.5, 0.6) is 5.75 Å². The van der Waals surface area contributed by atoms with Crippen LogP contribution in [0.3, 0.4) is 0 Å². The van der Waals surface area contributed by atoms with Crippen molar-refractivity contribution in [3.05, 3.63) is 29.8 Å². The molecule has 0 unspecified atom stereocenters. The third-order valence-corrected chi connectivity index (χ3v) is 2.33. The molecule has 0 aliphatic rings. The van der Waals surface area contributed by atoms with E-state index in [0.717, 1.165) is 11.3 Å². The van der Waals surface area contributed by atoms with Gasteiger partial charge in [0.1, 0.15) is 5.75 Å². The zero-order chi connectivity index (χ0) is 12.0. The van der Waals surface area contributed by atoms with E-state index in [4.69, 9.17) is 9.47 Å². The zero-order valence-corrected chi connectivity index (χ0v) is 9.73. The molecule has 0 radical (unpaired) electrons. The fraction of sp³-hybridized carbons (Fsp3) is 0.417. The summed E-state index contributed by atoms with van der Waals surface area (Å²) >= 11 is 0. The van der Waals surface area contributed by atoms with E-state index >= 15 is 0 Å². The lowest BCUT2D eigenvalue weighted by atomic mass is 10.1. The number of carbonyl (C=O) groups excluding carboxylic acids is 1. The zero-order valence-electron chi connectivity index (χ0n) is 9.73. The van der Waals surface area contributed by atoms with E-state index in [1.807, 2.05) is 24.3 Å². The second kappa shape index (κ2) is 6.12. The molecule has 0 saturated heterocycles. The van der Waals surface area contributed by atoms with Gasteiger partial charge in [0.2, 0.25) is 0 Å². The van der Waals surface area contributed by atoms with Gasteiger partial charge in [-0.05, 0) is 17.7 Å². The van der Waals surface area contributed by atoms with Crippen molar-refractivity contribution >= 4 is 5.97 Å². The van der Waals surface area contributed by atoms with Crippen molar-refractivity contribution in [2.45, 2.75) is 12.5 Å². The van der Waals surface area contributed by atoms with Gasteiger partial charge in [-0.15, -0.1) is 0 Å². The van der Waals surface area contributed by atoms with E-state index < -0.39 is 0 Å². The quantitative estimate of drug-likeness (QED) is 0.717. The Morgan fingerprint density at radius 2 is 2.06 bits per heavy atom. The SMILES string of the molecule is COC(=O)C[C@H](OC)c1cccc(OC)c1. The summed E-state index contributed by atoms with van der Waals surface area (Å²) in [5, 5.41) is 0. The predicted octanol–water partition coefficient (Wildman–Crippen LogP) is 1.95. The van der Waals surface area contributed by atoms with Crippen LogP contribution in [-0.4, -0.2) is 27.3 Å². The summed E-state index contributed by atoms with van der Waals surface area (Å²) < 4.78 is 15.0. The van der Waals surface area contributed by atoms with Crippen LogP contribution < -0.4 is 4.74 Å². The smallest absolute Gasteiger partial charge is 0.308 e. The van der Waals surface area contributed by atoms with Gasteiger partial charge in [0.15, 0.2) is 0 Å². The highest BCUT2D eigenvalue weighted by Gasteiger charge is 2.16. The average Bonchev–Trinajstić information content (AvgIpc) is 2.35. The molecule has 4 nitrogen and oxygen atoms in total. The van der Waals surface area contributed by atoms with Crippen LogP contribution >= 0.6 is 0 Å². The number of esters is 1. The van der Waals surface area contributed by atoms with Crippen LogP contribution in [-0.2, 0) is 14.3 Å². The van der Waals surface area contributed by atoms with E-state index in [1.54, 1.807) is 14.2 Å². The van der Waals surface area contributed by atoms with Crippen molar-refractivity contribution in [3.63, 3.8) is 0 Å². The monoisotopic (exact) mass is 224 g/mol. The Hall–Kier alpha value is -1.55. The van der Waals surface area contributed by atoms with Gasteiger partial charge in [-0.25, -0.2) is 0 Å². The van der Waals surface area contributed by atoms with Gasteiger partial charge in [0.25, 0.3) is 0 Å². The summed E-state index contributed by atoms with van der Waals surface area (Å²) in [7, 11) is 4.52. The Morgan fingerprint density at radius 3 is 2.62 bits per heavy atom. The molecule has 0 fully saturated rings. The third-order valence-electron chi connectivity index (χ3n) is 2.33. The number of rotatable bonds is 5. The summed E-state index contributed by atoms with van der Waals surface area (Å²) in [6.07, 6.45) is -0.109.